The fourth-order valence-corrected chi connectivity index (χ4v) is 5.34. The second-order valence-corrected chi connectivity index (χ2v) is 8.05. The molecule has 0 atom stereocenters. The van der Waals surface area contributed by atoms with Gasteiger partial charge in [-0.3, -0.25) is 0 Å². The first kappa shape index (κ1) is 14.6. The average molecular weight is 298 g/mol. The Morgan fingerprint density at radius 3 is 1.45 bits per heavy atom. The maximum Gasteiger partial charge on any atom is 0.383 e. The highest BCUT2D eigenvalue weighted by Gasteiger charge is 2.39. The van der Waals surface area contributed by atoms with Crippen molar-refractivity contribution in [2.75, 3.05) is 0 Å². The highest BCUT2D eigenvalue weighted by Crippen LogP contribution is 2.50. The van der Waals surface area contributed by atoms with Crippen LogP contribution in [0, 0.1) is 11.3 Å². The molecule has 0 aliphatic carbocycles. The Morgan fingerprint density at radius 1 is 0.636 bits per heavy atom. The first-order chi connectivity index (χ1) is 10.7. The van der Waals surface area contributed by atoms with Crippen LogP contribution in [0.25, 0.3) is 0 Å². The van der Waals surface area contributed by atoms with Gasteiger partial charge in [-0.2, -0.15) is 5.26 Å². The zero-order valence-corrected chi connectivity index (χ0v) is 12.9. The minimum Gasteiger partial charge on any atom is -0.192 e. The second kappa shape index (κ2) is 6.18. The molecule has 0 amide bonds. The molecule has 0 aliphatic rings. The van der Waals surface area contributed by atoms with Crippen molar-refractivity contribution < 1.29 is 0 Å². The first-order valence-electron chi connectivity index (χ1n) is 7.05. The van der Waals surface area contributed by atoms with Crippen molar-refractivity contribution in [2.24, 2.45) is 0 Å². The minimum absolute atomic E-state index is 0.649. The summed E-state index contributed by atoms with van der Waals surface area (Å²) in [4.78, 5) is 0. The van der Waals surface area contributed by atoms with Crippen LogP contribution in [0.1, 0.15) is 5.56 Å². The summed E-state index contributed by atoms with van der Waals surface area (Å²) in [5, 5.41) is 12.3. The van der Waals surface area contributed by atoms with E-state index in [2.05, 4.69) is 30.3 Å². The molecule has 0 bridgehead atoms. The molecule has 0 saturated carbocycles. The van der Waals surface area contributed by atoms with Crippen LogP contribution in [-0.2, 0) is 0 Å². The zero-order valence-electron chi connectivity index (χ0n) is 12.1. The van der Waals surface area contributed by atoms with Crippen molar-refractivity contribution in [1.29, 1.82) is 5.26 Å². The van der Waals surface area contributed by atoms with Crippen LogP contribution in [0.15, 0.2) is 84.9 Å². The van der Waals surface area contributed by atoms with E-state index in [1.807, 2.05) is 60.7 Å². The molecule has 3 heteroatoms. The minimum atomic E-state index is -2.17. The lowest BCUT2D eigenvalue weighted by Crippen LogP contribution is -2.31. The predicted octanol–water partition coefficient (Wildman–Crippen LogP) is 2.94. The lowest BCUT2D eigenvalue weighted by atomic mass is 10.2. The van der Waals surface area contributed by atoms with E-state index >= 15 is 0 Å². The molecule has 0 fully saturated rings. The number of hydrogen-bond donors (Lipinski definition) is 0. The van der Waals surface area contributed by atoms with Crippen LogP contribution in [0.2, 0.25) is 0 Å². The van der Waals surface area contributed by atoms with Gasteiger partial charge in [-0.05, 0) is 48.5 Å². The van der Waals surface area contributed by atoms with E-state index in [1.165, 1.54) is 0 Å². The van der Waals surface area contributed by atoms with Gasteiger partial charge in [0.2, 0.25) is 0 Å². The van der Waals surface area contributed by atoms with Crippen LogP contribution in [0.3, 0.4) is 0 Å². The summed E-state index contributed by atoms with van der Waals surface area (Å²) in [6, 6.07) is 30.2. The molecule has 0 heterocycles. The number of hydrogen-bond acceptors (Lipinski definition) is 1. The topological polar surface area (TPSA) is 23.8 Å². The molecule has 3 rings (SSSR count). The number of benzene rings is 3. The summed E-state index contributed by atoms with van der Waals surface area (Å²) in [7, 11) is 4.82. The number of nitrogens with zero attached hydrogens (tertiary/aromatic N) is 1. The zero-order chi connectivity index (χ0) is 15.4. The van der Waals surface area contributed by atoms with Gasteiger partial charge in [0, 0.05) is 0 Å². The van der Waals surface area contributed by atoms with Gasteiger partial charge in [0.05, 0.1) is 34.7 Å². The van der Waals surface area contributed by atoms with Crippen LogP contribution < -0.4 is 15.9 Å². The van der Waals surface area contributed by atoms with Gasteiger partial charge in [-0.25, -0.2) is 0 Å². The molecule has 3 aromatic rings. The van der Waals surface area contributed by atoms with Gasteiger partial charge in [-0.1, -0.05) is 36.4 Å². The van der Waals surface area contributed by atoms with Crippen molar-refractivity contribution in [3.8, 4) is 6.07 Å². The third kappa shape index (κ3) is 2.57. The van der Waals surface area contributed by atoms with E-state index in [9.17, 15) is 0 Å². The molecule has 0 spiro atoms. The van der Waals surface area contributed by atoms with Crippen molar-refractivity contribution >= 4 is 30.6 Å². The summed E-state index contributed by atoms with van der Waals surface area (Å²) in [6.07, 6.45) is 0. The van der Waals surface area contributed by atoms with Crippen molar-refractivity contribution in [3.05, 3.63) is 90.5 Å². The predicted molar refractivity (Wildman–Crippen MR) is 95.6 cm³/mol. The maximum absolute atomic E-state index is 8.99. The fourth-order valence-electron chi connectivity index (χ4n) is 2.54. The first-order valence-corrected chi connectivity index (χ1v) is 8.90. The Kier molecular flexibility index (Phi) is 4.10. The standard InChI is InChI=1S/C19H14BNP/c20-22(17-7-3-1-4-8-17,18-9-5-2-6-10-18)19-13-11-16(15-21)12-14-19/h1-14H/q+1. The molecule has 0 aliphatic heterocycles. The Labute approximate surface area is 132 Å². The molecule has 2 radical (unpaired) electrons. The van der Waals surface area contributed by atoms with E-state index in [4.69, 9.17) is 12.8 Å². The average Bonchev–Trinajstić information content (AvgIpc) is 2.62. The molecule has 0 N–H and O–H groups in total. The number of rotatable bonds is 3. The molecule has 1 nitrogen and oxygen atoms in total. The van der Waals surface area contributed by atoms with Gasteiger partial charge in [0.1, 0.15) is 0 Å². The normalized spacial score (nSPS) is 10.9. The molecule has 0 aromatic heterocycles. The smallest absolute Gasteiger partial charge is 0.192 e. The third-order valence-electron chi connectivity index (χ3n) is 3.73. The molecule has 3 aromatic carbocycles. The highest BCUT2D eigenvalue weighted by molar-refractivity contribution is 8.13. The lowest BCUT2D eigenvalue weighted by Gasteiger charge is -2.23. The molecule has 0 unspecified atom stereocenters. The van der Waals surface area contributed by atoms with Crippen LogP contribution in [0.4, 0.5) is 0 Å². The van der Waals surface area contributed by atoms with Crippen molar-refractivity contribution in [3.63, 3.8) is 0 Å². The molecular formula is C19H14BNP+. The summed E-state index contributed by atoms with van der Waals surface area (Å²) < 4.78 is 0. The lowest BCUT2D eigenvalue weighted by molar-refractivity contribution is 1.49. The second-order valence-electron chi connectivity index (χ2n) is 5.05. The molecule has 0 saturated heterocycles. The van der Waals surface area contributed by atoms with Crippen molar-refractivity contribution in [1.82, 2.24) is 0 Å². The molecule has 102 valence electrons. The largest absolute Gasteiger partial charge is 0.383 e. The van der Waals surface area contributed by atoms with Gasteiger partial charge in [0.15, 0.2) is 0 Å². The van der Waals surface area contributed by atoms with Crippen LogP contribution >= 0.6 is 7.14 Å². The highest BCUT2D eigenvalue weighted by atomic mass is 31.2. The van der Waals surface area contributed by atoms with E-state index in [0.29, 0.717) is 5.56 Å². The van der Waals surface area contributed by atoms with Gasteiger partial charge < -0.3 is 0 Å². The van der Waals surface area contributed by atoms with Gasteiger partial charge >= 0.3 is 7.57 Å². The van der Waals surface area contributed by atoms with Crippen molar-refractivity contribution in [2.45, 2.75) is 0 Å². The van der Waals surface area contributed by atoms with Gasteiger partial charge in [0.25, 0.3) is 0 Å². The summed E-state index contributed by atoms with van der Waals surface area (Å²) >= 11 is 0. The summed E-state index contributed by atoms with van der Waals surface area (Å²) in [6.45, 7) is 0. The quantitative estimate of drug-likeness (QED) is 0.539. The maximum atomic E-state index is 8.99. The fraction of sp³-hybridized carbons (Fsp3) is 0. The van der Waals surface area contributed by atoms with Crippen LogP contribution in [0.5, 0.6) is 0 Å². The van der Waals surface area contributed by atoms with E-state index in [0.717, 1.165) is 15.9 Å². The third-order valence-corrected chi connectivity index (χ3v) is 7.07. The van der Waals surface area contributed by atoms with Gasteiger partial charge in [-0.15, -0.1) is 0 Å². The number of nitriles is 1. The molecule has 22 heavy (non-hydrogen) atoms. The van der Waals surface area contributed by atoms with Crippen LogP contribution in [-0.4, -0.2) is 7.57 Å². The van der Waals surface area contributed by atoms with E-state index < -0.39 is 7.14 Å². The SMILES string of the molecule is [B][P+](c1ccccc1)(c1ccccc1)c1ccc(C#N)cc1. The summed E-state index contributed by atoms with van der Waals surface area (Å²) in [5.74, 6) is 0. The Hall–Kier alpha value is -2.36. The Morgan fingerprint density at radius 2 is 1.05 bits per heavy atom. The van der Waals surface area contributed by atoms with E-state index in [1.54, 1.807) is 0 Å². The Balaban J connectivity index is 2.21. The Bertz CT molecular complexity index is 753. The molecular weight excluding hydrogens is 284 g/mol. The monoisotopic (exact) mass is 298 g/mol. The van der Waals surface area contributed by atoms with E-state index in [-0.39, 0.29) is 0 Å². The summed E-state index contributed by atoms with van der Waals surface area (Å²) in [5.41, 5.74) is 0.649.